The Kier molecular flexibility index (Phi) is 8.73. The molecule has 0 aliphatic heterocycles. The molecular weight excluding hydrogens is 336 g/mol. The summed E-state index contributed by atoms with van der Waals surface area (Å²) in [6.45, 7) is 2.06. The van der Waals surface area contributed by atoms with Crippen LogP contribution in [-0.2, 0) is 11.2 Å². The molecule has 0 aliphatic rings. The van der Waals surface area contributed by atoms with Crippen molar-refractivity contribution in [3.8, 4) is 0 Å². The van der Waals surface area contributed by atoms with Crippen molar-refractivity contribution in [3.63, 3.8) is 0 Å². The summed E-state index contributed by atoms with van der Waals surface area (Å²) in [5.74, 6) is 0. The van der Waals surface area contributed by atoms with Crippen LogP contribution in [0.1, 0.15) is 11.1 Å². The number of rotatable bonds is 6. The maximum Gasteiger partial charge on any atom is 0.186 e. The van der Waals surface area contributed by atoms with E-state index in [1.807, 2.05) is 0 Å². The van der Waals surface area contributed by atoms with Gasteiger partial charge in [0.2, 0.25) is 0 Å². The fourth-order valence-corrected chi connectivity index (χ4v) is 4.63. The second-order valence-corrected chi connectivity index (χ2v) is 14.6. The van der Waals surface area contributed by atoms with Crippen molar-refractivity contribution < 1.29 is 4.79 Å². The minimum atomic E-state index is -0.727. The van der Waals surface area contributed by atoms with E-state index in [0.717, 1.165) is 8.06 Å². The smallest absolute Gasteiger partial charge is 0.186 e. The Labute approximate surface area is 120 Å². The molecule has 1 rings (SSSR count). The van der Waals surface area contributed by atoms with Gasteiger partial charge in [0.1, 0.15) is 6.04 Å². The zero-order valence-electron chi connectivity index (χ0n) is 10.1. The highest BCUT2D eigenvalue weighted by molar-refractivity contribution is 8.50. The minimum Gasteiger partial charge on any atom is -0.291 e. The first-order chi connectivity index (χ1) is 8.54. The zero-order valence-corrected chi connectivity index (χ0v) is 16.3. The molecule has 0 N–H and O–H groups in total. The normalized spacial score (nSPS) is 13.8. The van der Waals surface area contributed by atoms with Crippen LogP contribution in [0.2, 0.25) is 0 Å². The van der Waals surface area contributed by atoms with E-state index in [1.54, 1.807) is 0 Å². The van der Waals surface area contributed by atoms with Gasteiger partial charge in [0, 0.05) is 21.8 Å². The van der Waals surface area contributed by atoms with E-state index in [2.05, 4.69) is 62.7 Å². The first-order valence-corrected chi connectivity index (χ1v) is 14.4. The largest absolute Gasteiger partial charge is 0.291 e. The molecule has 0 saturated heterocycles. The van der Waals surface area contributed by atoms with Gasteiger partial charge in [-0.1, -0.05) is 47.7 Å². The molecule has 0 radical (unpaired) electrons. The van der Waals surface area contributed by atoms with Crippen LogP contribution >= 0.6 is 50.1 Å². The first kappa shape index (κ1) is 17.2. The number of carbonyl (C=O) groups is 1. The lowest BCUT2D eigenvalue weighted by Crippen LogP contribution is -2.16. The summed E-state index contributed by atoms with van der Waals surface area (Å²) < 4.78 is 4.48. The van der Waals surface area contributed by atoms with Crippen LogP contribution in [0.4, 0.5) is 0 Å². The number of hydrogen-bond acceptors (Lipinski definition) is 2. The molecule has 5 unspecified atom stereocenters. The fraction of sp³-hybridized carbons (Fsp3) is 0.300. The van der Waals surface area contributed by atoms with E-state index in [9.17, 15) is 4.79 Å². The Morgan fingerprint density at radius 1 is 1.44 bits per heavy atom. The molecule has 0 amide bonds. The second kappa shape index (κ2) is 9.15. The first-order valence-electron chi connectivity index (χ1n) is 5.29. The van der Waals surface area contributed by atoms with E-state index < -0.39 is 7.30 Å². The molecule has 0 spiro atoms. The maximum atomic E-state index is 12.1. The third-order valence-corrected chi connectivity index (χ3v) is 6.92. The standard InChI is InChI=1S/C10H17NOP6/c1-7-2-4-8(5-3-7)6-9(11-16-17-13)10(12)18(14)15/h2-5,9,17H,6,13-15H2,1H3. The molecule has 98 valence electrons. The Balaban J connectivity index is 2.81. The number of hydrogen-bond donors (Lipinski definition) is 0. The molecule has 0 aromatic heterocycles. The molecule has 0 aliphatic carbocycles. The molecular formula is C10H17NOP6. The highest BCUT2D eigenvalue weighted by Gasteiger charge is 2.20. The van der Waals surface area contributed by atoms with Crippen LogP contribution in [0.25, 0.3) is 0 Å². The summed E-state index contributed by atoms with van der Waals surface area (Å²) in [7, 11) is 8.77. The molecule has 0 fully saturated rings. The number of benzene rings is 1. The van der Waals surface area contributed by atoms with Crippen molar-refractivity contribution in [1.29, 1.82) is 0 Å². The third kappa shape index (κ3) is 6.06. The second-order valence-electron chi connectivity index (χ2n) is 3.80. The van der Waals surface area contributed by atoms with Crippen molar-refractivity contribution in [2.24, 2.45) is 4.74 Å². The highest BCUT2D eigenvalue weighted by Crippen LogP contribution is 2.55. The van der Waals surface area contributed by atoms with E-state index in [0.29, 0.717) is 14.4 Å². The van der Waals surface area contributed by atoms with Gasteiger partial charge >= 0.3 is 0 Å². The third-order valence-electron chi connectivity index (χ3n) is 2.34. The molecule has 2 nitrogen and oxygen atoms in total. The predicted octanol–water partition coefficient (Wildman–Crippen LogP) is 5.01. The van der Waals surface area contributed by atoms with Crippen molar-refractivity contribution in [2.45, 2.75) is 19.4 Å². The van der Waals surface area contributed by atoms with E-state index in [1.165, 1.54) is 11.1 Å². The van der Waals surface area contributed by atoms with E-state index in [-0.39, 0.29) is 11.6 Å². The van der Waals surface area contributed by atoms with Crippen molar-refractivity contribution in [3.05, 3.63) is 35.4 Å². The van der Waals surface area contributed by atoms with E-state index in [4.69, 9.17) is 0 Å². The summed E-state index contributed by atoms with van der Waals surface area (Å²) in [6.07, 6.45) is 0.711. The predicted molar refractivity (Wildman–Crippen MR) is 97.4 cm³/mol. The topological polar surface area (TPSA) is 29.4 Å². The van der Waals surface area contributed by atoms with Crippen molar-refractivity contribution >= 4 is 55.6 Å². The van der Waals surface area contributed by atoms with Gasteiger partial charge in [0.15, 0.2) is 5.52 Å². The summed E-state index contributed by atoms with van der Waals surface area (Å²) in [4.78, 5) is 12.1. The van der Waals surface area contributed by atoms with E-state index >= 15 is 0 Å². The van der Waals surface area contributed by atoms with Gasteiger partial charge in [-0.3, -0.25) is 9.54 Å². The Hall–Kier alpha value is 1.14. The Morgan fingerprint density at radius 3 is 2.56 bits per heavy atom. The van der Waals surface area contributed by atoms with Gasteiger partial charge < -0.3 is 0 Å². The number of carbonyl (C=O) groups excluding carboxylic acids is 1. The molecule has 1 aromatic carbocycles. The van der Waals surface area contributed by atoms with Gasteiger partial charge in [-0.05, 0) is 20.4 Å². The van der Waals surface area contributed by atoms with Crippen LogP contribution < -0.4 is 0 Å². The lowest BCUT2D eigenvalue weighted by Gasteiger charge is -2.13. The molecule has 0 heterocycles. The quantitative estimate of drug-likeness (QED) is 0.662. The highest BCUT2D eigenvalue weighted by atomic mass is 32.4. The van der Waals surface area contributed by atoms with Crippen LogP contribution in [0.3, 0.4) is 0 Å². The van der Waals surface area contributed by atoms with Gasteiger partial charge in [0.05, 0.1) is 0 Å². The molecule has 5 atom stereocenters. The van der Waals surface area contributed by atoms with Crippen molar-refractivity contribution in [1.82, 2.24) is 0 Å². The number of aryl methyl sites for hydroxylation is 1. The Bertz CT molecular complexity index is 419. The maximum absolute atomic E-state index is 12.1. The zero-order chi connectivity index (χ0) is 13.5. The molecule has 8 heteroatoms. The molecule has 18 heavy (non-hydrogen) atoms. The molecule has 1 aromatic rings. The van der Waals surface area contributed by atoms with Crippen LogP contribution in [-0.4, -0.2) is 11.6 Å². The van der Waals surface area contributed by atoms with Gasteiger partial charge in [-0.15, -0.1) is 8.93 Å². The lowest BCUT2D eigenvalue weighted by atomic mass is 10.1. The lowest BCUT2D eigenvalue weighted by molar-refractivity contribution is -0.112. The molecule has 0 bridgehead atoms. The summed E-state index contributed by atoms with van der Waals surface area (Å²) in [5, 5.41) is 0. The van der Waals surface area contributed by atoms with Gasteiger partial charge in [0.25, 0.3) is 0 Å². The van der Waals surface area contributed by atoms with Crippen LogP contribution in [0.5, 0.6) is 0 Å². The Morgan fingerprint density at radius 2 is 2.06 bits per heavy atom. The van der Waals surface area contributed by atoms with Gasteiger partial charge in [-0.2, -0.15) is 0 Å². The van der Waals surface area contributed by atoms with Gasteiger partial charge in [-0.25, -0.2) is 0 Å². The average Bonchev–Trinajstić information content (AvgIpc) is 2.35. The summed E-state index contributed by atoms with van der Waals surface area (Å²) in [6, 6.07) is 8.12. The molecule has 0 saturated carbocycles. The van der Waals surface area contributed by atoms with Crippen LogP contribution in [0.15, 0.2) is 29.0 Å². The van der Waals surface area contributed by atoms with Crippen molar-refractivity contribution in [2.75, 3.05) is 0 Å². The fourth-order valence-electron chi connectivity index (χ4n) is 1.40. The number of nitrogens with zero attached hydrogens (tertiary/aromatic N) is 1. The average molecular weight is 353 g/mol. The minimum absolute atomic E-state index is 0.205. The summed E-state index contributed by atoms with van der Waals surface area (Å²) in [5.41, 5.74) is 2.65. The summed E-state index contributed by atoms with van der Waals surface area (Å²) >= 11 is 0. The monoisotopic (exact) mass is 353 g/mol. The SMILES string of the molecule is Cc1ccc(CC(/N=P\PP)C(=O)P(P)P)cc1. The van der Waals surface area contributed by atoms with Crippen LogP contribution in [0, 0.1) is 6.92 Å².